The second-order valence-corrected chi connectivity index (χ2v) is 6.03. The van der Waals surface area contributed by atoms with E-state index in [9.17, 15) is 9.59 Å². The summed E-state index contributed by atoms with van der Waals surface area (Å²) in [5.41, 5.74) is 5.49. The van der Waals surface area contributed by atoms with Crippen LogP contribution >= 0.6 is 11.6 Å². The SMILES string of the molecule is CNC1CCCN(C(=O)c2cc(Cl)c(OCC(N)=O)c(OC)c2)C1. The highest BCUT2D eigenvalue weighted by Gasteiger charge is 2.25. The zero-order chi connectivity index (χ0) is 17.7. The van der Waals surface area contributed by atoms with Crippen molar-refractivity contribution in [2.24, 2.45) is 5.73 Å². The third-order valence-corrected chi connectivity index (χ3v) is 4.23. The van der Waals surface area contributed by atoms with Gasteiger partial charge in [0.05, 0.1) is 12.1 Å². The number of nitrogens with one attached hydrogen (secondary N) is 1. The maximum absolute atomic E-state index is 12.7. The largest absolute Gasteiger partial charge is 0.493 e. The first-order valence-corrected chi connectivity index (χ1v) is 8.09. The van der Waals surface area contributed by atoms with Crippen molar-refractivity contribution in [3.8, 4) is 11.5 Å². The Morgan fingerprint density at radius 3 is 2.83 bits per heavy atom. The van der Waals surface area contributed by atoms with E-state index >= 15 is 0 Å². The lowest BCUT2D eigenvalue weighted by Gasteiger charge is -2.32. The van der Waals surface area contributed by atoms with Crippen LogP contribution in [0.25, 0.3) is 0 Å². The van der Waals surface area contributed by atoms with Crippen molar-refractivity contribution < 1.29 is 19.1 Å². The highest BCUT2D eigenvalue weighted by atomic mass is 35.5. The van der Waals surface area contributed by atoms with E-state index in [0.29, 0.717) is 24.7 Å². The summed E-state index contributed by atoms with van der Waals surface area (Å²) in [6.45, 7) is 1.03. The second-order valence-electron chi connectivity index (χ2n) is 5.62. The van der Waals surface area contributed by atoms with Crippen molar-refractivity contribution in [2.45, 2.75) is 18.9 Å². The van der Waals surface area contributed by atoms with Gasteiger partial charge in [-0.25, -0.2) is 0 Å². The normalized spacial score (nSPS) is 17.5. The van der Waals surface area contributed by atoms with Gasteiger partial charge in [0.1, 0.15) is 0 Å². The Bertz CT molecular complexity index is 624. The maximum atomic E-state index is 12.7. The fourth-order valence-corrected chi connectivity index (χ4v) is 2.97. The minimum absolute atomic E-state index is 0.114. The van der Waals surface area contributed by atoms with Gasteiger partial charge in [-0.1, -0.05) is 11.6 Å². The van der Waals surface area contributed by atoms with Gasteiger partial charge in [0.25, 0.3) is 11.8 Å². The van der Waals surface area contributed by atoms with Gasteiger partial charge in [0.2, 0.25) is 0 Å². The summed E-state index contributed by atoms with van der Waals surface area (Å²) < 4.78 is 10.5. The number of halogens is 1. The molecule has 1 aliphatic rings. The van der Waals surface area contributed by atoms with Gasteiger partial charge < -0.3 is 25.4 Å². The number of likely N-dealkylation sites (tertiary alicyclic amines) is 1. The van der Waals surface area contributed by atoms with Crippen LogP contribution < -0.4 is 20.5 Å². The number of piperidine rings is 1. The zero-order valence-electron chi connectivity index (χ0n) is 13.8. The predicted octanol–water partition coefficient (Wildman–Crippen LogP) is 1.04. The van der Waals surface area contributed by atoms with Crippen LogP contribution in [-0.4, -0.2) is 56.6 Å². The molecule has 0 bridgehead atoms. The third kappa shape index (κ3) is 4.30. The second kappa shape index (κ2) is 8.21. The Balaban J connectivity index is 2.22. The summed E-state index contributed by atoms with van der Waals surface area (Å²) in [5, 5.41) is 3.40. The number of ether oxygens (including phenoxy) is 2. The molecule has 0 saturated carbocycles. The molecule has 0 spiro atoms. The fourth-order valence-electron chi connectivity index (χ4n) is 2.71. The third-order valence-electron chi connectivity index (χ3n) is 3.95. The zero-order valence-corrected chi connectivity index (χ0v) is 14.6. The van der Waals surface area contributed by atoms with E-state index in [1.807, 2.05) is 7.05 Å². The monoisotopic (exact) mass is 355 g/mol. The number of hydrogen-bond donors (Lipinski definition) is 2. The summed E-state index contributed by atoms with van der Waals surface area (Å²) in [6, 6.07) is 3.37. The molecular formula is C16H22ClN3O4. The van der Waals surface area contributed by atoms with E-state index in [0.717, 1.165) is 12.8 Å². The highest BCUT2D eigenvalue weighted by Crippen LogP contribution is 2.36. The van der Waals surface area contributed by atoms with Crippen molar-refractivity contribution in [1.29, 1.82) is 0 Å². The first-order valence-electron chi connectivity index (χ1n) is 7.71. The van der Waals surface area contributed by atoms with Crippen LogP contribution in [0.1, 0.15) is 23.2 Å². The summed E-state index contributed by atoms with van der Waals surface area (Å²) in [6.07, 6.45) is 1.99. The molecule has 8 heteroatoms. The van der Waals surface area contributed by atoms with Crippen molar-refractivity contribution in [3.05, 3.63) is 22.7 Å². The fraction of sp³-hybridized carbons (Fsp3) is 0.500. The predicted molar refractivity (Wildman–Crippen MR) is 90.7 cm³/mol. The number of amides is 2. The first-order chi connectivity index (χ1) is 11.5. The first kappa shape index (κ1) is 18.4. The Morgan fingerprint density at radius 1 is 1.46 bits per heavy atom. The van der Waals surface area contributed by atoms with E-state index in [1.54, 1.807) is 11.0 Å². The lowest BCUT2D eigenvalue weighted by atomic mass is 10.0. The molecule has 0 aliphatic carbocycles. The number of carbonyl (C=O) groups is 2. The molecule has 1 aromatic carbocycles. The lowest BCUT2D eigenvalue weighted by Crippen LogP contribution is -2.46. The average molecular weight is 356 g/mol. The number of primary amides is 1. The summed E-state index contributed by atoms with van der Waals surface area (Å²) >= 11 is 6.20. The highest BCUT2D eigenvalue weighted by molar-refractivity contribution is 6.32. The molecule has 2 amide bonds. The van der Waals surface area contributed by atoms with Crippen molar-refractivity contribution >= 4 is 23.4 Å². The lowest BCUT2D eigenvalue weighted by molar-refractivity contribution is -0.119. The minimum atomic E-state index is -0.625. The molecule has 1 aromatic rings. The van der Waals surface area contributed by atoms with Gasteiger partial charge >= 0.3 is 0 Å². The van der Waals surface area contributed by atoms with Crippen LogP contribution in [-0.2, 0) is 4.79 Å². The molecule has 1 aliphatic heterocycles. The molecule has 24 heavy (non-hydrogen) atoms. The van der Waals surface area contributed by atoms with Gasteiger partial charge in [0.15, 0.2) is 18.1 Å². The van der Waals surface area contributed by atoms with Crippen LogP contribution in [0.15, 0.2) is 12.1 Å². The molecule has 0 aromatic heterocycles. The molecule has 1 heterocycles. The van der Waals surface area contributed by atoms with Crippen LogP contribution in [0, 0.1) is 0 Å². The van der Waals surface area contributed by atoms with Crippen LogP contribution in [0.4, 0.5) is 0 Å². The van der Waals surface area contributed by atoms with Gasteiger partial charge in [-0.15, -0.1) is 0 Å². The molecule has 1 saturated heterocycles. The standard InChI is InChI=1S/C16H22ClN3O4/c1-19-11-4-3-5-20(8-11)16(22)10-6-12(17)15(13(7-10)23-2)24-9-14(18)21/h6-7,11,19H,3-5,8-9H2,1-2H3,(H2,18,21). The summed E-state index contributed by atoms with van der Waals surface area (Å²) in [7, 11) is 3.33. The van der Waals surface area contributed by atoms with Crippen LogP contribution in [0.5, 0.6) is 11.5 Å². The minimum Gasteiger partial charge on any atom is -0.493 e. The number of benzene rings is 1. The molecule has 0 radical (unpaired) electrons. The maximum Gasteiger partial charge on any atom is 0.255 e. The van der Waals surface area contributed by atoms with Gasteiger partial charge in [0, 0.05) is 24.7 Å². The van der Waals surface area contributed by atoms with Crippen LogP contribution in [0.2, 0.25) is 5.02 Å². The average Bonchev–Trinajstić information content (AvgIpc) is 2.59. The van der Waals surface area contributed by atoms with Crippen molar-refractivity contribution in [1.82, 2.24) is 10.2 Å². The van der Waals surface area contributed by atoms with E-state index in [4.69, 9.17) is 26.8 Å². The van der Waals surface area contributed by atoms with Crippen molar-refractivity contribution in [2.75, 3.05) is 33.9 Å². The summed E-state index contributed by atoms with van der Waals surface area (Å²) in [5.74, 6) is -0.258. The molecule has 2 rings (SSSR count). The van der Waals surface area contributed by atoms with Crippen molar-refractivity contribution in [3.63, 3.8) is 0 Å². The Kier molecular flexibility index (Phi) is 6.28. The number of rotatable bonds is 6. The molecule has 1 fully saturated rings. The number of hydrogen-bond acceptors (Lipinski definition) is 5. The number of likely N-dealkylation sites (N-methyl/N-ethyl adjacent to an activating group) is 1. The Labute approximate surface area is 146 Å². The van der Waals surface area contributed by atoms with Crippen LogP contribution in [0.3, 0.4) is 0 Å². The van der Waals surface area contributed by atoms with E-state index in [-0.39, 0.29) is 29.0 Å². The number of methoxy groups -OCH3 is 1. The van der Waals surface area contributed by atoms with Gasteiger partial charge in [-0.3, -0.25) is 9.59 Å². The Hall–Kier alpha value is -1.99. The number of carbonyl (C=O) groups excluding carboxylic acids is 2. The van der Waals surface area contributed by atoms with Gasteiger partial charge in [-0.05, 0) is 32.0 Å². The Morgan fingerprint density at radius 2 is 2.21 bits per heavy atom. The van der Waals surface area contributed by atoms with Gasteiger partial charge in [-0.2, -0.15) is 0 Å². The molecule has 1 atom stereocenters. The molecule has 3 N–H and O–H groups in total. The quantitative estimate of drug-likeness (QED) is 0.795. The molecular weight excluding hydrogens is 334 g/mol. The molecule has 7 nitrogen and oxygen atoms in total. The van der Waals surface area contributed by atoms with E-state index < -0.39 is 5.91 Å². The van der Waals surface area contributed by atoms with E-state index in [2.05, 4.69) is 5.32 Å². The smallest absolute Gasteiger partial charge is 0.255 e. The molecule has 1 unspecified atom stereocenters. The topological polar surface area (TPSA) is 93.9 Å². The molecule has 132 valence electrons. The summed E-state index contributed by atoms with van der Waals surface area (Å²) in [4.78, 5) is 25.4. The van der Waals surface area contributed by atoms with E-state index in [1.165, 1.54) is 13.2 Å². The number of nitrogens with two attached hydrogens (primary N) is 1. The number of nitrogens with zero attached hydrogens (tertiary/aromatic N) is 1.